The third kappa shape index (κ3) is 2.73. The Hall–Kier alpha value is 0.0200. The molecule has 1 saturated carbocycles. The van der Waals surface area contributed by atoms with Crippen LogP contribution in [0.5, 0.6) is 0 Å². The summed E-state index contributed by atoms with van der Waals surface area (Å²) < 4.78 is 42.1. The molecule has 0 bridgehead atoms. The summed E-state index contributed by atoms with van der Waals surface area (Å²) in [6, 6.07) is 0. The molecule has 0 radical (unpaired) electrons. The minimum absolute atomic E-state index is 0.0680. The Balaban J connectivity index is 2.39. The fraction of sp³-hybridized carbons (Fsp3) is 1.00. The van der Waals surface area contributed by atoms with Crippen LogP contribution in [-0.2, 0) is 9.37 Å². The monoisotopic (exact) mass is 217 g/mol. The lowest BCUT2D eigenvalue weighted by atomic mass is 9.95. The summed E-state index contributed by atoms with van der Waals surface area (Å²) in [4.78, 5) is 0. The van der Waals surface area contributed by atoms with Crippen molar-refractivity contribution in [2.24, 2.45) is 0 Å². The minimum Gasteiger partial charge on any atom is -0.691 e. The van der Waals surface area contributed by atoms with Gasteiger partial charge in [0.05, 0.1) is 5.25 Å². The van der Waals surface area contributed by atoms with Gasteiger partial charge >= 0.3 is 0 Å². The molecule has 0 saturated heterocycles. The molecule has 0 heterocycles. The Morgan fingerprint density at radius 1 is 1.15 bits per heavy atom. The summed E-state index contributed by atoms with van der Waals surface area (Å²) in [6.07, 6.45) is -5.80. The highest BCUT2D eigenvalue weighted by atomic mass is 32.2. The quantitative estimate of drug-likeness (QED) is 0.402. The SMILES string of the molecule is [O-]OOSC1CCC(F)C(F)C1F. The maximum absolute atomic E-state index is 12.9. The molecule has 13 heavy (non-hydrogen) atoms. The number of rotatable bonds is 3. The van der Waals surface area contributed by atoms with Crippen molar-refractivity contribution in [3.63, 3.8) is 0 Å². The van der Waals surface area contributed by atoms with Gasteiger partial charge in [-0.2, -0.15) is 4.33 Å². The van der Waals surface area contributed by atoms with Crippen LogP contribution in [0.2, 0.25) is 0 Å². The van der Waals surface area contributed by atoms with Crippen molar-refractivity contribution in [1.29, 1.82) is 0 Å². The second kappa shape index (κ2) is 5.04. The highest BCUT2D eigenvalue weighted by Gasteiger charge is 2.41. The Bertz CT molecular complexity index is 160. The molecule has 0 aromatic carbocycles. The molecule has 0 spiro atoms. The molecule has 1 aliphatic rings. The number of alkyl halides is 3. The van der Waals surface area contributed by atoms with E-state index in [0.717, 1.165) is 0 Å². The average molecular weight is 217 g/mol. The van der Waals surface area contributed by atoms with Crippen LogP contribution in [0, 0.1) is 0 Å². The highest BCUT2D eigenvalue weighted by molar-refractivity contribution is 7.95. The molecule has 4 atom stereocenters. The highest BCUT2D eigenvalue weighted by Crippen LogP contribution is 2.34. The van der Waals surface area contributed by atoms with Crippen molar-refractivity contribution in [3.05, 3.63) is 0 Å². The lowest BCUT2D eigenvalue weighted by molar-refractivity contribution is -0.777. The van der Waals surface area contributed by atoms with Gasteiger partial charge < -0.3 is 5.26 Å². The largest absolute Gasteiger partial charge is 0.691 e. The Labute approximate surface area is 77.3 Å². The predicted octanol–water partition coefficient (Wildman–Crippen LogP) is 1.03. The Morgan fingerprint density at radius 2 is 1.85 bits per heavy atom. The first-order valence-electron chi connectivity index (χ1n) is 3.71. The van der Waals surface area contributed by atoms with Crippen molar-refractivity contribution < 1.29 is 27.8 Å². The van der Waals surface area contributed by atoms with Crippen LogP contribution in [0.25, 0.3) is 0 Å². The second-order valence-electron chi connectivity index (χ2n) is 2.75. The van der Waals surface area contributed by atoms with E-state index in [-0.39, 0.29) is 12.8 Å². The van der Waals surface area contributed by atoms with E-state index < -0.39 is 23.8 Å². The zero-order valence-electron chi connectivity index (χ0n) is 6.49. The fourth-order valence-electron chi connectivity index (χ4n) is 1.21. The average Bonchev–Trinajstić information content (AvgIpc) is 2.13. The second-order valence-corrected chi connectivity index (χ2v) is 3.69. The lowest BCUT2D eigenvalue weighted by Gasteiger charge is -2.29. The normalized spacial score (nSPS) is 40.6. The number of hydrogen-bond donors (Lipinski definition) is 0. The van der Waals surface area contributed by atoms with Crippen LogP contribution in [-0.4, -0.2) is 23.8 Å². The molecule has 0 aromatic heterocycles. The molecular weight excluding hydrogens is 209 g/mol. The van der Waals surface area contributed by atoms with Crippen molar-refractivity contribution in [2.45, 2.75) is 36.6 Å². The topological polar surface area (TPSA) is 41.5 Å². The zero-order valence-corrected chi connectivity index (χ0v) is 7.31. The minimum atomic E-state index is -2.14. The molecule has 1 rings (SSSR count). The van der Waals surface area contributed by atoms with E-state index >= 15 is 0 Å². The molecule has 1 aliphatic carbocycles. The summed E-state index contributed by atoms with van der Waals surface area (Å²) in [5.41, 5.74) is 0. The summed E-state index contributed by atoms with van der Waals surface area (Å²) in [7, 11) is 0. The van der Waals surface area contributed by atoms with Crippen LogP contribution in [0.4, 0.5) is 13.2 Å². The standard InChI is InChI=1S/C6H9F3O3S/c7-3-1-2-4(13-12-11-10)6(9)5(3)8/h3-6,10H,1-2H2/p-1. The van der Waals surface area contributed by atoms with Crippen LogP contribution in [0.3, 0.4) is 0 Å². The lowest BCUT2D eigenvalue weighted by Crippen LogP contribution is -2.41. The first kappa shape index (κ1) is 11.1. The van der Waals surface area contributed by atoms with Crippen LogP contribution < -0.4 is 5.26 Å². The molecule has 0 N–H and O–H groups in total. The van der Waals surface area contributed by atoms with Gasteiger partial charge in [-0.1, -0.05) is 0 Å². The van der Waals surface area contributed by atoms with Crippen molar-refractivity contribution >= 4 is 12.0 Å². The van der Waals surface area contributed by atoms with E-state index in [1.165, 1.54) is 0 Å². The zero-order chi connectivity index (χ0) is 9.84. The van der Waals surface area contributed by atoms with Crippen molar-refractivity contribution in [1.82, 2.24) is 0 Å². The van der Waals surface area contributed by atoms with E-state index in [1.54, 1.807) is 0 Å². The molecule has 0 aromatic rings. The van der Waals surface area contributed by atoms with Crippen molar-refractivity contribution in [3.8, 4) is 0 Å². The Morgan fingerprint density at radius 3 is 2.46 bits per heavy atom. The Kier molecular flexibility index (Phi) is 4.30. The van der Waals surface area contributed by atoms with Crippen LogP contribution in [0.1, 0.15) is 12.8 Å². The molecule has 78 valence electrons. The van der Waals surface area contributed by atoms with E-state index in [0.29, 0.717) is 12.0 Å². The molecule has 4 unspecified atom stereocenters. The molecule has 3 nitrogen and oxygen atoms in total. The number of hydrogen-bond acceptors (Lipinski definition) is 4. The van der Waals surface area contributed by atoms with Gasteiger partial charge in [-0.25, -0.2) is 13.2 Å². The molecule has 1 fully saturated rings. The molecular formula is C6H8F3O3S-. The van der Waals surface area contributed by atoms with Crippen molar-refractivity contribution in [2.75, 3.05) is 0 Å². The summed E-state index contributed by atoms with van der Waals surface area (Å²) in [5.74, 6) is 0. The van der Waals surface area contributed by atoms with Gasteiger partial charge in [0, 0.05) is 12.0 Å². The van der Waals surface area contributed by atoms with Gasteiger partial charge in [0.25, 0.3) is 0 Å². The van der Waals surface area contributed by atoms with Gasteiger partial charge in [-0.15, -0.1) is 0 Å². The van der Waals surface area contributed by atoms with E-state index in [4.69, 9.17) is 0 Å². The van der Waals surface area contributed by atoms with E-state index in [9.17, 15) is 18.4 Å². The third-order valence-corrected chi connectivity index (χ3v) is 2.80. The molecule has 0 aliphatic heterocycles. The first-order valence-corrected chi connectivity index (χ1v) is 4.51. The molecule has 0 amide bonds. The van der Waals surface area contributed by atoms with Crippen LogP contribution >= 0.6 is 12.0 Å². The summed E-state index contributed by atoms with van der Waals surface area (Å²) >= 11 is 0.395. The van der Waals surface area contributed by atoms with Gasteiger partial charge in [-0.3, -0.25) is 5.04 Å². The fourth-order valence-corrected chi connectivity index (χ4v) is 1.84. The predicted molar refractivity (Wildman–Crippen MR) is 37.5 cm³/mol. The summed E-state index contributed by atoms with van der Waals surface area (Å²) in [5, 5.41) is 11.5. The maximum Gasteiger partial charge on any atom is 0.163 e. The molecule has 7 heteroatoms. The van der Waals surface area contributed by atoms with Gasteiger partial charge in [0.15, 0.2) is 6.17 Å². The van der Waals surface area contributed by atoms with Gasteiger partial charge in [0.1, 0.15) is 12.3 Å². The van der Waals surface area contributed by atoms with Gasteiger partial charge in [-0.05, 0) is 12.8 Å². The maximum atomic E-state index is 12.9. The smallest absolute Gasteiger partial charge is 0.163 e. The van der Waals surface area contributed by atoms with Gasteiger partial charge in [0.2, 0.25) is 0 Å². The first-order chi connectivity index (χ1) is 6.16. The van der Waals surface area contributed by atoms with Crippen LogP contribution in [0.15, 0.2) is 0 Å². The summed E-state index contributed by atoms with van der Waals surface area (Å²) in [6.45, 7) is 0. The van der Waals surface area contributed by atoms with E-state index in [2.05, 4.69) is 9.37 Å². The number of halogens is 3. The van der Waals surface area contributed by atoms with E-state index in [1.807, 2.05) is 0 Å². The third-order valence-electron chi connectivity index (χ3n) is 1.92.